The fraction of sp³-hybridized carbons (Fsp3) is 0.440. The normalized spacial score (nSPS) is 16.1. The molecule has 1 aliphatic rings. The van der Waals surface area contributed by atoms with Crippen molar-refractivity contribution in [1.82, 2.24) is 14.5 Å². The highest BCUT2D eigenvalue weighted by Crippen LogP contribution is 2.40. The van der Waals surface area contributed by atoms with Gasteiger partial charge in [0.25, 0.3) is 0 Å². The van der Waals surface area contributed by atoms with Gasteiger partial charge in [-0.05, 0) is 69.4 Å². The molecule has 2 aromatic carbocycles. The van der Waals surface area contributed by atoms with Gasteiger partial charge >= 0.3 is 6.09 Å². The molecule has 0 saturated heterocycles. The standard InChI is InChI=1S/C25H30ClN3O3/c1-25(2,3)32-24(31)29(15-16-12-13-16)21(22(30)17-8-7-9-18(26)14-17)23-27-19-10-5-6-11-20(19)28(23)4/h5-11,14,16,21-22,30H,12-13,15H2,1-4H3/t21-,22+/m1/s1. The van der Waals surface area contributed by atoms with E-state index in [2.05, 4.69) is 0 Å². The zero-order valence-electron chi connectivity index (χ0n) is 19.0. The molecule has 3 aromatic rings. The molecule has 1 N–H and O–H groups in total. The molecule has 32 heavy (non-hydrogen) atoms. The molecule has 4 rings (SSSR count). The number of rotatable bonds is 6. The summed E-state index contributed by atoms with van der Waals surface area (Å²) in [7, 11) is 1.91. The van der Waals surface area contributed by atoms with Gasteiger partial charge in [0, 0.05) is 18.6 Å². The van der Waals surface area contributed by atoms with Gasteiger partial charge in [-0.15, -0.1) is 0 Å². The molecule has 6 nitrogen and oxygen atoms in total. The summed E-state index contributed by atoms with van der Waals surface area (Å²) < 4.78 is 7.71. The van der Waals surface area contributed by atoms with Crippen molar-refractivity contribution in [3.05, 3.63) is 64.9 Å². The number of nitrogens with zero attached hydrogens (tertiary/aromatic N) is 3. The SMILES string of the molecule is Cn1c([C@@H]([C@@H](O)c2cccc(Cl)c2)N(CC2CC2)C(=O)OC(C)(C)C)nc2ccccc21. The Kier molecular flexibility index (Phi) is 6.19. The van der Waals surface area contributed by atoms with E-state index in [0.29, 0.717) is 28.9 Å². The van der Waals surface area contributed by atoms with Crippen LogP contribution in [0.25, 0.3) is 11.0 Å². The minimum Gasteiger partial charge on any atom is -0.444 e. The van der Waals surface area contributed by atoms with Gasteiger partial charge < -0.3 is 14.4 Å². The molecule has 1 amide bonds. The quantitative estimate of drug-likeness (QED) is 0.521. The molecule has 0 radical (unpaired) electrons. The minimum atomic E-state index is -1.03. The molecule has 1 aromatic heterocycles. The van der Waals surface area contributed by atoms with E-state index < -0.39 is 23.8 Å². The van der Waals surface area contributed by atoms with Gasteiger partial charge in [-0.2, -0.15) is 0 Å². The van der Waals surface area contributed by atoms with Crippen LogP contribution in [0.5, 0.6) is 0 Å². The molecule has 2 atom stereocenters. The minimum absolute atomic E-state index is 0.395. The van der Waals surface area contributed by atoms with Gasteiger partial charge in [-0.1, -0.05) is 35.9 Å². The molecule has 1 saturated carbocycles. The number of carbonyl (C=O) groups excluding carboxylic acids is 1. The van der Waals surface area contributed by atoms with Crippen molar-refractivity contribution in [2.24, 2.45) is 13.0 Å². The molecular weight excluding hydrogens is 426 g/mol. The van der Waals surface area contributed by atoms with E-state index >= 15 is 0 Å². The predicted octanol–water partition coefficient (Wildman–Crippen LogP) is 5.65. The van der Waals surface area contributed by atoms with Gasteiger partial charge in [0.1, 0.15) is 23.6 Å². The monoisotopic (exact) mass is 455 g/mol. The smallest absolute Gasteiger partial charge is 0.411 e. The van der Waals surface area contributed by atoms with E-state index in [1.54, 1.807) is 23.1 Å². The second-order valence-electron chi connectivity index (χ2n) is 9.54. The zero-order chi connectivity index (χ0) is 23.0. The van der Waals surface area contributed by atoms with Gasteiger partial charge in [0.15, 0.2) is 0 Å². The third kappa shape index (κ3) is 4.92. The summed E-state index contributed by atoms with van der Waals surface area (Å²) in [6.45, 7) is 6.04. The number of fused-ring (bicyclic) bond motifs is 1. The van der Waals surface area contributed by atoms with Crippen LogP contribution in [-0.4, -0.2) is 37.8 Å². The molecule has 0 spiro atoms. The first-order valence-electron chi connectivity index (χ1n) is 11.0. The van der Waals surface area contributed by atoms with E-state index in [4.69, 9.17) is 21.3 Å². The Morgan fingerprint density at radius 3 is 2.59 bits per heavy atom. The number of imidazole rings is 1. The summed E-state index contributed by atoms with van der Waals surface area (Å²) >= 11 is 6.22. The van der Waals surface area contributed by atoms with Gasteiger partial charge in [-0.25, -0.2) is 9.78 Å². The van der Waals surface area contributed by atoms with Crippen molar-refractivity contribution in [1.29, 1.82) is 0 Å². The predicted molar refractivity (Wildman–Crippen MR) is 126 cm³/mol. The molecule has 170 valence electrons. The molecule has 0 bridgehead atoms. The number of ether oxygens (including phenoxy) is 1. The Labute approximate surface area is 193 Å². The maximum absolute atomic E-state index is 13.4. The number of para-hydroxylation sites is 2. The topological polar surface area (TPSA) is 67.6 Å². The number of aliphatic hydroxyl groups excluding tert-OH is 1. The Bertz CT molecular complexity index is 1120. The van der Waals surface area contributed by atoms with Crippen molar-refractivity contribution in [2.45, 2.75) is 51.4 Å². The third-order valence-corrected chi connectivity index (χ3v) is 5.93. The van der Waals surface area contributed by atoms with Crippen LogP contribution in [-0.2, 0) is 11.8 Å². The number of hydrogen-bond donors (Lipinski definition) is 1. The number of carbonyl (C=O) groups is 1. The summed E-state index contributed by atoms with van der Waals surface area (Å²) in [5.74, 6) is 0.997. The lowest BCUT2D eigenvalue weighted by Crippen LogP contribution is -2.43. The number of hydrogen-bond acceptors (Lipinski definition) is 4. The first-order chi connectivity index (χ1) is 15.1. The second-order valence-corrected chi connectivity index (χ2v) is 9.97. The molecule has 1 aliphatic carbocycles. The number of halogens is 1. The Morgan fingerprint density at radius 2 is 1.97 bits per heavy atom. The maximum Gasteiger partial charge on any atom is 0.411 e. The highest BCUT2D eigenvalue weighted by molar-refractivity contribution is 6.30. The van der Waals surface area contributed by atoms with Crippen LogP contribution >= 0.6 is 11.6 Å². The maximum atomic E-state index is 13.4. The lowest BCUT2D eigenvalue weighted by atomic mass is 9.99. The van der Waals surface area contributed by atoms with E-state index in [1.165, 1.54) is 0 Å². The van der Waals surface area contributed by atoms with Crippen molar-refractivity contribution in [2.75, 3.05) is 6.54 Å². The molecule has 1 heterocycles. The van der Waals surface area contributed by atoms with Crippen molar-refractivity contribution < 1.29 is 14.6 Å². The van der Waals surface area contributed by atoms with Crippen LogP contribution in [0.15, 0.2) is 48.5 Å². The van der Waals surface area contributed by atoms with Crippen LogP contribution in [0.4, 0.5) is 4.79 Å². The third-order valence-electron chi connectivity index (χ3n) is 5.69. The summed E-state index contributed by atoms with van der Waals surface area (Å²) in [6, 6.07) is 14.2. The van der Waals surface area contributed by atoms with Crippen LogP contribution in [0, 0.1) is 5.92 Å². The highest BCUT2D eigenvalue weighted by atomic mass is 35.5. The summed E-state index contributed by atoms with van der Waals surface area (Å²) in [6.07, 6.45) is 0.627. The first-order valence-corrected chi connectivity index (χ1v) is 11.4. The van der Waals surface area contributed by atoms with E-state index in [1.807, 2.05) is 62.7 Å². The number of amides is 1. The van der Waals surface area contributed by atoms with Crippen molar-refractivity contribution in [3.63, 3.8) is 0 Å². The number of aryl methyl sites for hydroxylation is 1. The molecule has 7 heteroatoms. The Morgan fingerprint density at radius 1 is 1.25 bits per heavy atom. The number of aromatic nitrogens is 2. The molecule has 1 fully saturated rings. The van der Waals surface area contributed by atoms with Crippen LogP contribution < -0.4 is 0 Å². The number of aliphatic hydroxyl groups is 1. The summed E-state index contributed by atoms with van der Waals surface area (Å²) in [5, 5.41) is 12.1. The number of benzene rings is 2. The summed E-state index contributed by atoms with van der Waals surface area (Å²) in [5.41, 5.74) is 1.71. The van der Waals surface area contributed by atoms with E-state index in [-0.39, 0.29) is 0 Å². The Hall–Kier alpha value is -2.57. The van der Waals surface area contributed by atoms with Gasteiger partial charge in [0.05, 0.1) is 11.0 Å². The largest absolute Gasteiger partial charge is 0.444 e. The van der Waals surface area contributed by atoms with Crippen molar-refractivity contribution >= 4 is 28.7 Å². The van der Waals surface area contributed by atoms with Crippen molar-refractivity contribution in [3.8, 4) is 0 Å². The zero-order valence-corrected chi connectivity index (χ0v) is 19.7. The Balaban J connectivity index is 1.84. The fourth-order valence-electron chi connectivity index (χ4n) is 3.95. The average molecular weight is 456 g/mol. The van der Waals surface area contributed by atoms with Crippen LogP contribution in [0.3, 0.4) is 0 Å². The highest BCUT2D eigenvalue weighted by Gasteiger charge is 2.40. The van der Waals surface area contributed by atoms with Gasteiger partial charge in [-0.3, -0.25) is 4.90 Å². The molecule has 0 aliphatic heterocycles. The fourth-order valence-corrected chi connectivity index (χ4v) is 4.15. The lowest BCUT2D eigenvalue weighted by Gasteiger charge is -2.36. The van der Waals surface area contributed by atoms with E-state index in [9.17, 15) is 9.90 Å². The average Bonchev–Trinajstić information content (AvgIpc) is 3.49. The lowest BCUT2D eigenvalue weighted by molar-refractivity contribution is -0.0112. The second kappa shape index (κ2) is 8.75. The first kappa shape index (κ1) is 22.6. The molecular formula is C25H30ClN3O3. The van der Waals surface area contributed by atoms with E-state index in [0.717, 1.165) is 23.9 Å². The van der Waals surface area contributed by atoms with Crippen LogP contribution in [0.2, 0.25) is 5.02 Å². The van der Waals surface area contributed by atoms with Crippen LogP contribution in [0.1, 0.15) is 57.1 Å². The van der Waals surface area contributed by atoms with Gasteiger partial charge in [0.2, 0.25) is 0 Å². The summed E-state index contributed by atoms with van der Waals surface area (Å²) in [4.78, 5) is 19.9. The molecule has 0 unspecified atom stereocenters.